The number of aryl methyl sites for hydroxylation is 1. The van der Waals surface area contributed by atoms with E-state index in [4.69, 9.17) is 9.47 Å². The van der Waals surface area contributed by atoms with Gasteiger partial charge in [0.25, 0.3) is 0 Å². The molecule has 2 aromatic rings. The number of aromatic nitrogens is 3. The van der Waals surface area contributed by atoms with Crippen molar-refractivity contribution in [3.63, 3.8) is 0 Å². The molecule has 0 bridgehead atoms. The molecule has 0 unspecified atom stereocenters. The Labute approximate surface area is 170 Å². The molecule has 1 aliphatic rings. The van der Waals surface area contributed by atoms with Gasteiger partial charge in [0.1, 0.15) is 5.82 Å². The molecule has 28 heavy (non-hydrogen) atoms. The Hall–Kier alpha value is -2.22. The first-order chi connectivity index (χ1) is 13.6. The summed E-state index contributed by atoms with van der Waals surface area (Å²) in [6.07, 6.45) is 6.13. The molecule has 1 N–H and O–H groups in total. The molecule has 8 heteroatoms. The third-order valence-electron chi connectivity index (χ3n) is 5.04. The highest BCUT2D eigenvalue weighted by Crippen LogP contribution is 2.32. The molecule has 1 heterocycles. The summed E-state index contributed by atoms with van der Waals surface area (Å²) in [6.45, 7) is 2.43. The number of hydrogen-bond donors (Lipinski definition) is 1. The van der Waals surface area contributed by atoms with Gasteiger partial charge in [0.15, 0.2) is 16.7 Å². The van der Waals surface area contributed by atoms with E-state index in [9.17, 15) is 4.79 Å². The van der Waals surface area contributed by atoms with Gasteiger partial charge in [-0.25, -0.2) is 0 Å². The number of rotatable bonds is 8. The number of ether oxygens (including phenoxy) is 2. The molecule has 1 aromatic heterocycles. The lowest BCUT2D eigenvalue weighted by Gasteiger charge is -2.24. The molecule has 0 radical (unpaired) electrons. The summed E-state index contributed by atoms with van der Waals surface area (Å²) in [5.74, 6) is 2.54. The number of hydrogen-bond acceptors (Lipinski definition) is 6. The molecule has 0 spiro atoms. The maximum Gasteiger partial charge on any atom is 0.230 e. The van der Waals surface area contributed by atoms with Crippen LogP contribution in [0.15, 0.2) is 23.4 Å². The summed E-state index contributed by atoms with van der Waals surface area (Å²) in [5, 5.41) is 12.3. The molecule has 7 nitrogen and oxygen atoms in total. The topological polar surface area (TPSA) is 78.3 Å². The van der Waals surface area contributed by atoms with Crippen LogP contribution in [0.2, 0.25) is 0 Å². The first-order valence-corrected chi connectivity index (χ1v) is 10.6. The minimum atomic E-state index is -0.0318. The first kappa shape index (κ1) is 20.5. The molecule has 1 aliphatic carbocycles. The van der Waals surface area contributed by atoms with Gasteiger partial charge < -0.3 is 19.4 Å². The molecule has 0 atom stereocenters. The number of carbonyl (C=O) groups is 1. The predicted octanol–water partition coefficient (Wildman–Crippen LogP) is 3.52. The van der Waals surface area contributed by atoms with Gasteiger partial charge >= 0.3 is 0 Å². The lowest BCUT2D eigenvalue weighted by Crippen LogP contribution is -2.25. The van der Waals surface area contributed by atoms with E-state index >= 15 is 0 Å². The van der Waals surface area contributed by atoms with Crippen LogP contribution in [0.25, 0.3) is 0 Å². The van der Waals surface area contributed by atoms with Gasteiger partial charge in [-0.2, -0.15) is 0 Å². The third-order valence-corrected chi connectivity index (χ3v) is 5.99. The monoisotopic (exact) mass is 404 g/mol. The van der Waals surface area contributed by atoms with Gasteiger partial charge in [-0.15, -0.1) is 10.2 Å². The summed E-state index contributed by atoms with van der Waals surface area (Å²) in [5.41, 5.74) is 0.956. The van der Waals surface area contributed by atoms with Crippen LogP contribution in [0.4, 0.5) is 0 Å². The maximum atomic E-state index is 12.3. The lowest BCUT2D eigenvalue weighted by molar-refractivity contribution is -0.118. The third kappa shape index (κ3) is 4.98. The fourth-order valence-electron chi connectivity index (χ4n) is 3.58. The summed E-state index contributed by atoms with van der Waals surface area (Å²) in [6, 6.07) is 6.08. The molecule has 3 rings (SSSR count). The van der Waals surface area contributed by atoms with E-state index in [2.05, 4.69) is 20.1 Å². The van der Waals surface area contributed by atoms with Crippen LogP contribution in [-0.2, 0) is 11.3 Å². The molecule has 152 valence electrons. The first-order valence-electron chi connectivity index (χ1n) is 9.64. The van der Waals surface area contributed by atoms with Gasteiger partial charge in [0.05, 0.1) is 20.0 Å². The number of methoxy groups -OCH3 is 2. The van der Waals surface area contributed by atoms with Gasteiger partial charge in [0, 0.05) is 12.6 Å². The van der Waals surface area contributed by atoms with Gasteiger partial charge in [0.2, 0.25) is 5.91 Å². The van der Waals surface area contributed by atoms with Crippen LogP contribution < -0.4 is 14.8 Å². The van der Waals surface area contributed by atoms with Gasteiger partial charge in [-0.3, -0.25) is 4.79 Å². The quantitative estimate of drug-likeness (QED) is 0.678. The number of thioether (sulfide) groups is 1. The highest BCUT2D eigenvalue weighted by atomic mass is 32.2. The van der Waals surface area contributed by atoms with Crippen LogP contribution in [0.5, 0.6) is 11.5 Å². The van der Waals surface area contributed by atoms with Gasteiger partial charge in [-0.1, -0.05) is 37.1 Å². The van der Waals surface area contributed by atoms with Crippen LogP contribution in [-0.4, -0.2) is 40.6 Å². The van der Waals surface area contributed by atoms with Crippen LogP contribution in [0, 0.1) is 6.92 Å². The Morgan fingerprint density at radius 1 is 1.18 bits per heavy atom. The van der Waals surface area contributed by atoms with E-state index in [1.807, 2.05) is 25.1 Å². The predicted molar refractivity (Wildman–Crippen MR) is 109 cm³/mol. The van der Waals surface area contributed by atoms with Crippen molar-refractivity contribution >= 4 is 17.7 Å². The number of amides is 1. The van der Waals surface area contributed by atoms with Crippen LogP contribution in [0.1, 0.15) is 49.5 Å². The van der Waals surface area contributed by atoms with Crippen molar-refractivity contribution in [2.24, 2.45) is 0 Å². The fourth-order valence-corrected chi connectivity index (χ4v) is 4.46. The average molecular weight is 405 g/mol. The molecule has 1 amide bonds. The lowest BCUT2D eigenvalue weighted by atomic mass is 9.95. The van der Waals surface area contributed by atoms with Crippen molar-refractivity contribution in [3.05, 3.63) is 29.6 Å². The maximum absolute atomic E-state index is 12.3. The Bertz CT molecular complexity index is 803. The van der Waals surface area contributed by atoms with E-state index in [1.54, 1.807) is 14.2 Å². The Morgan fingerprint density at radius 3 is 2.64 bits per heavy atom. The smallest absolute Gasteiger partial charge is 0.230 e. The van der Waals surface area contributed by atoms with Crippen molar-refractivity contribution in [2.45, 2.75) is 56.8 Å². The second-order valence-electron chi connectivity index (χ2n) is 6.95. The fraction of sp³-hybridized carbons (Fsp3) is 0.550. The van der Waals surface area contributed by atoms with E-state index in [0.29, 0.717) is 29.8 Å². The van der Waals surface area contributed by atoms with Crippen molar-refractivity contribution in [1.82, 2.24) is 20.1 Å². The van der Waals surface area contributed by atoms with Crippen LogP contribution >= 0.6 is 11.8 Å². The standard InChI is InChI=1S/C20H28N4O3S/c1-14-22-23-20(24(14)16-7-5-4-6-8-16)28-13-19(25)21-12-15-9-10-17(26-2)18(11-15)27-3/h9-11,16H,4-8,12-13H2,1-3H3,(H,21,25). The zero-order chi connectivity index (χ0) is 19.9. The Balaban J connectivity index is 1.54. The highest BCUT2D eigenvalue weighted by Gasteiger charge is 2.21. The van der Waals surface area contributed by atoms with Gasteiger partial charge in [-0.05, 0) is 37.5 Å². The normalized spacial score (nSPS) is 14.7. The number of benzene rings is 1. The molecule has 0 saturated heterocycles. The number of carbonyl (C=O) groups excluding carboxylic acids is 1. The van der Waals surface area contributed by atoms with Crippen LogP contribution in [0.3, 0.4) is 0 Å². The van der Waals surface area contributed by atoms with E-state index in [-0.39, 0.29) is 5.91 Å². The summed E-state index contributed by atoms with van der Waals surface area (Å²) in [4.78, 5) is 12.3. The second kappa shape index (κ2) is 9.82. The molecular weight excluding hydrogens is 376 g/mol. The molecule has 1 saturated carbocycles. The zero-order valence-electron chi connectivity index (χ0n) is 16.7. The van der Waals surface area contributed by atoms with Crippen molar-refractivity contribution in [3.8, 4) is 11.5 Å². The molecule has 0 aliphatic heterocycles. The molecule has 1 aromatic carbocycles. The van der Waals surface area contributed by atoms with Crippen molar-refractivity contribution < 1.29 is 14.3 Å². The number of nitrogens with zero attached hydrogens (tertiary/aromatic N) is 3. The number of nitrogens with one attached hydrogen (secondary N) is 1. The molecular formula is C20H28N4O3S. The van der Waals surface area contributed by atoms with E-state index in [0.717, 1.165) is 29.4 Å². The van der Waals surface area contributed by atoms with Crippen molar-refractivity contribution in [1.29, 1.82) is 0 Å². The minimum Gasteiger partial charge on any atom is -0.493 e. The zero-order valence-corrected chi connectivity index (χ0v) is 17.6. The average Bonchev–Trinajstić information content (AvgIpc) is 3.11. The van der Waals surface area contributed by atoms with E-state index in [1.165, 1.54) is 31.0 Å². The SMILES string of the molecule is COc1ccc(CNC(=O)CSc2nnc(C)n2C2CCCCC2)cc1OC. The summed E-state index contributed by atoms with van der Waals surface area (Å²) >= 11 is 1.45. The summed E-state index contributed by atoms with van der Waals surface area (Å²) in [7, 11) is 3.20. The van der Waals surface area contributed by atoms with Crippen molar-refractivity contribution in [2.75, 3.05) is 20.0 Å². The largest absolute Gasteiger partial charge is 0.493 e. The Morgan fingerprint density at radius 2 is 1.93 bits per heavy atom. The van der Waals surface area contributed by atoms with E-state index < -0.39 is 0 Å². The second-order valence-corrected chi connectivity index (χ2v) is 7.89. The minimum absolute atomic E-state index is 0.0318. The highest BCUT2D eigenvalue weighted by molar-refractivity contribution is 7.99. The molecule has 1 fully saturated rings. The Kier molecular flexibility index (Phi) is 7.19. The summed E-state index contributed by atoms with van der Waals surface area (Å²) < 4.78 is 12.8.